The maximum absolute atomic E-state index is 12.9. The number of aliphatic carboxylic acids is 1. The molecule has 0 N–H and O–H groups in total. The number of hydrogen-bond donors (Lipinski definition) is 0. The van der Waals surface area contributed by atoms with Crippen molar-refractivity contribution in [1.82, 2.24) is 4.90 Å². The van der Waals surface area contributed by atoms with Gasteiger partial charge in [-0.05, 0) is 61.0 Å². The summed E-state index contributed by atoms with van der Waals surface area (Å²) in [5.41, 5.74) is 2.69. The molecule has 0 unspecified atom stereocenters. The summed E-state index contributed by atoms with van der Waals surface area (Å²) in [4.78, 5) is 30.4. The first-order chi connectivity index (χ1) is 14.0. The molecule has 1 aliphatic rings. The van der Waals surface area contributed by atoms with E-state index in [4.69, 9.17) is 4.74 Å². The molecule has 1 saturated heterocycles. The van der Waals surface area contributed by atoms with Crippen LogP contribution in [0.25, 0.3) is 6.08 Å². The fourth-order valence-corrected chi connectivity index (χ4v) is 3.75. The number of benzene rings is 2. The number of rotatable bonds is 7. The van der Waals surface area contributed by atoms with Gasteiger partial charge in [0.25, 0.3) is 5.91 Å². The van der Waals surface area contributed by atoms with Gasteiger partial charge in [-0.15, -0.1) is 0 Å². The first-order valence-corrected chi connectivity index (χ1v) is 10.1. The molecular formula is C22H21N2O4S-. The lowest BCUT2D eigenvalue weighted by Gasteiger charge is -2.14. The molecule has 1 aliphatic heterocycles. The Morgan fingerprint density at radius 2 is 2.00 bits per heavy atom. The molecule has 150 valence electrons. The topological polar surface area (TPSA) is 82.0 Å². The van der Waals surface area contributed by atoms with Crippen LogP contribution in [0.4, 0.5) is 5.69 Å². The minimum absolute atomic E-state index is 0.0937. The Morgan fingerprint density at radius 1 is 1.24 bits per heavy atom. The number of carboxylic acid groups (broad SMARTS) is 1. The molecule has 0 radical (unpaired) electrons. The van der Waals surface area contributed by atoms with Crippen LogP contribution in [0.15, 0.2) is 58.4 Å². The van der Waals surface area contributed by atoms with Gasteiger partial charge in [0.15, 0.2) is 5.17 Å². The van der Waals surface area contributed by atoms with E-state index < -0.39 is 12.6 Å². The van der Waals surface area contributed by atoms with Gasteiger partial charge in [-0.1, -0.05) is 36.8 Å². The highest BCUT2D eigenvalue weighted by Gasteiger charge is 2.32. The fourth-order valence-electron chi connectivity index (χ4n) is 2.73. The highest BCUT2D eigenvalue weighted by atomic mass is 32.2. The summed E-state index contributed by atoms with van der Waals surface area (Å²) in [6.07, 6.45) is 2.58. The number of aliphatic imine (C=N–C) groups is 1. The van der Waals surface area contributed by atoms with E-state index in [1.54, 1.807) is 29.2 Å². The van der Waals surface area contributed by atoms with Gasteiger partial charge in [0.1, 0.15) is 12.4 Å². The van der Waals surface area contributed by atoms with E-state index in [1.165, 1.54) is 11.8 Å². The van der Waals surface area contributed by atoms with Crippen molar-refractivity contribution in [2.75, 3.05) is 13.2 Å². The van der Waals surface area contributed by atoms with Gasteiger partial charge in [-0.3, -0.25) is 9.69 Å². The summed E-state index contributed by atoms with van der Waals surface area (Å²) in [5, 5.41) is 11.2. The van der Waals surface area contributed by atoms with Crippen LogP contribution in [-0.4, -0.2) is 35.1 Å². The molecule has 7 heteroatoms. The van der Waals surface area contributed by atoms with E-state index in [1.807, 2.05) is 44.2 Å². The number of nitrogens with zero attached hydrogens (tertiary/aromatic N) is 2. The first-order valence-electron chi connectivity index (χ1n) is 9.25. The molecule has 1 heterocycles. The summed E-state index contributed by atoms with van der Waals surface area (Å²) in [6.45, 7) is 4.09. The molecule has 1 fully saturated rings. The fraction of sp³-hybridized carbons (Fsp3) is 0.227. The summed E-state index contributed by atoms with van der Waals surface area (Å²) < 4.78 is 5.15. The lowest BCUT2D eigenvalue weighted by molar-refractivity contribution is -0.307. The van der Waals surface area contributed by atoms with Crippen LogP contribution in [0.1, 0.15) is 24.5 Å². The highest BCUT2D eigenvalue weighted by molar-refractivity contribution is 8.18. The maximum Gasteiger partial charge on any atom is 0.266 e. The van der Waals surface area contributed by atoms with E-state index in [9.17, 15) is 14.7 Å². The third-order valence-electron chi connectivity index (χ3n) is 4.11. The monoisotopic (exact) mass is 409 g/mol. The van der Waals surface area contributed by atoms with Crippen molar-refractivity contribution in [1.29, 1.82) is 0 Å². The number of carboxylic acids is 1. The summed E-state index contributed by atoms with van der Waals surface area (Å²) in [5.74, 6) is -0.982. The average molecular weight is 409 g/mol. The standard InChI is InChI=1S/C22H22N2O4S/c1-3-11-24-21(27)19(29-22(24)23-17-9-7-15(2)8-10-17)13-16-5-4-6-18(12-16)28-14-20(25)26/h4-10,12-13H,3,11,14H2,1-2H3,(H,25,26)/p-1/b19-13+,23-22?. The SMILES string of the molecule is CCCN1C(=O)/C(=C\c2cccc(OCC(=O)[O-])c2)SC1=Nc1ccc(C)cc1. The summed E-state index contributed by atoms with van der Waals surface area (Å²) in [7, 11) is 0. The van der Waals surface area contributed by atoms with Crippen molar-refractivity contribution in [3.63, 3.8) is 0 Å². The quantitative estimate of drug-likeness (QED) is 0.656. The van der Waals surface area contributed by atoms with Gasteiger partial charge < -0.3 is 14.6 Å². The maximum atomic E-state index is 12.9. The number of carbonyl (C=O) groups excluding carboxylic acids is 2. The van der Waals surface area contributed by atoms with Crippen molar-refractivity contribution in [3.05, 3.63) is 64.6 Å². The molecule has 0 saturated carbocycles. The summed E-state index contributed by atoms with van der Waals surface area (Å²) in [6, 6.07) is 14.7. The Hall–Kier alpha value is -3.06. The third-order valence-corrected chi connectivity index (χ3v) is 5.11. The summed E-state index contributed by atoms with van der Waals surface area (Å²) >= 11 is 1.33. The van der Waals surface area contributed by atoms with Gasteiger partial charge in [0.05, 0.1) is 16.6 Å². The van der Waals surface area contributed by atoms with Gasteiger partial charge in [-0.25, -0.2) is 4.99 Å². The minimum atomic E-state index is -1.29. The first kappa shape index (κ1) is 20.7. The molecule has 29 heavy (non-hydrogen) atoms. The van der Waals surface area contributed by atoms with E-state index in [0.29, 0.717) is 22.4 Å². The number of ether oxygens (including phenoxy) is 1. The van der Waals surface area contributed by atoms with Crippen molar-refractivity contribution in [3.8, 4) is 5.75 Å². The van der Waals surface area contributed by atoms with E-state index in [0.717, 1.165) is 23.2 Å². The second kappa shape index (κ2) is 9.43. The molecule has 3 rings (SSSR count). The Bertz CT molecular complexity index is 967. The predicted octanol–water partition coefficient (Wildman–Crippen LogP) is 3.14. The van der Waals surface area contributed by atoms with Crippen LogP contribution in [0.2, 0.25) is 0 Å². The van der Waals surface area contributed by atoms with Crippen LogP contribution < -0.4 is 9.84 Å². The Kier molecular flexibility index (Phi) is 6.72. The lowest BCUT2D eigenvalue weighted by Crippen LogP contribution is -2.29. The zero-order valence-electron chi connectivity index (χ0n) is 16.3. The van der Waals surface area contributed by atoms with Crippen molar-refractivity contribution >= 4 is 40.6 Å². The Morgan fingerprint density at radius 3 is 2.69 bits per heavy atom. The van der Waals surface area contributed by atoms with Gasteiger partial charge in [-0.2, -0.15) is 0 Å². The molecule has 0 atom stereocenters. The Labute approximate surface area is 173 Å². The molecule has 0 aromatic heterocycles. The molecule has 2 aromatic rings. The predicted molar refractivity (Wildman–Crippen MR) is 113 cm³/mol. The molecule has 2 aromatic carbocycles. The zero-order valence-corrected chi connectivity index (χ0v) is 17.1. The van der Waals surface area contributed by atoms with Crippen LogP contribution in [0, 0.1) is 6.92 Å². The van der Waals surface area contributed by atoms with Crippen molar-refractivity contribution in [2.45, 2.75) is 20.3 Å². The van der Waals surface area contributed by atoms with Gasteiger partial charge in [0, 0.05) is 6.54 Å². The molecule has 1 amide bonds. The van der Waals surface area contributed by atoms with E-state index in [-0.39, 0.29) is 5.91 Å². The largest absolute Gasteiger partial charge is 0.546 e. The second-order valence-corrected chi connectivity index (χ2v) is 7.54. The molecule has 6 nitrogen and oxygen atoms in total. The number of carbonyl (C=O) groups is 2. The zero-order chi connectivity index (χ0) is 20.8. The third kappa shape index (κ3) is 5.48. The molecule has 0 bridgehead atoms. The number of amidine groups is 1. The molecule has 0 aliphatic carbocycles. The van der Waals surface area contributed by atoms with Crippen molar-refractivity contribution < 1.29 is 19.4 Å². The van der Waals surface area contributed by atoms with Gasteiger partial charge >= 0.3 is 0 Å². The number of aryl methyl sites for hydroxylation is 1. The molecular weight excluding hydrogens is 388 g/mol. The van der Waals surface area contributed by atoms with E-state index >= 15 is 0 Å². The average Bonchev–Trinajstić information content (AvgIpc) is 2.97. The number of hydrogen-bond acceptors (Lipinski definition) is 6. The van der Waals surface area contributed by atoms with Gasteiger partial charge in [0.2, 0.25) is 0 Å². The molecule has 0 spiro atoms. The number of amides is 1. The smallest absolute Gasteiger partial charge is 0.266 e. The second-order valence-electron chi connectivity index (χ2n) is 6.53. The number of thioether (sulfide) groups is 1. The van der Waals surface area contributed by atoms with Crippen LogP contribution in [0.5, 0.6) is 5.75 Å². The minimum Gasteiger partial charge on any atom is -0.546 e. The lowest BCUT2D eigenvalue weighted by atomic mass is 10.2. The van der Waals surface area contributed by atoms with E-state index in [2.05, 4.69) is 4.99 Å². The highest BCUT2D eigenvalue weighted by Crippen LogP contribution is 2.34. The van der Waals surface area contributed by atoms with Crippen molar-refractivity contribution in [2.24, 2.45) is 4.99 Å². The van der Waals surface area contributed by atoms with Crippen LogP contribution >= 0.6 is 11.8 Å². The normalized spacial score (nSPS) is 16.6. The van der Waals surface area contributed by atoms with Crippen LogP contribution in [-0.2, 0) is 9.59 Å². The van der Waals surface area contributed by atoms with Crippen LogP contribution in [0.3, 0.4) is 0 Å². The Balaban J connectivity index is 1.86.